The normalized spacial score (nSPS) is 26.3. The van der Waals surface area contributed by atoms with Gasteiger partial charge in [-0.15, -0.1) is 0 Å². The summed E-state index contributed by atoms with van der Waals surface area (Å²) in [6.45, 7) is 4.23. The highest BCUT2D eigenvalue weighted by Crippen LogP contribution is 2.36. The molecule has 1 amide bonds. The number of nitrogens with zero attached hydrogens (tertiary/aromatic N) is 1. The molecule has 2 aliphatic rings. The van der Waals surface area contributed by atoms with Crippen molar-refractivity contribution in [3.05, 3.63) is 35.9 Å². The zero-order valence-electron chi connectivity index (χ0n) is 14.9. The average Bonchev–Trinajstić information content (AvgIpc) is 3.09. The first-order chi connectivity index (χ1) is 11.6. The number of hydrogen-bond donors (Lipinski definition) is 0. The molecule has 1 aromatic rings. The number of carbonyl (C=O) groups is 2. The summed E-state index contributed by atoms with van der Waals surface area (Å²) in [6.07, 6.45) is 6.52. The lowest BCUT2D eigenvalue weighted by atomic mass is 9.78. The van der Waals surface area contributed by atoms with Gasteiger partial charge in [0.1, 0.15) is 5.78 Å². The van der Waals surface area contributed by atoms with Gasteiger partial charge in [-0.2, -0.15) is 0 Å². The first-order valence-electron chi connectivity index (χ1n) is 9.46. The Labute approximate surface area is 145 Å². The molecule has 2 saturated carbocycles. The highest BCUT2D eigenvalue weighted by Gasteiger charge is 2.39. The van der Waals surface area contributed by atoms with Crippen LogP contribution in [0, 0.1) is 11.8 Å². The third-order valence-electron chi connectivity index (χ3n) is 5.96. The minimum absolute atomic E-state index is 0.00876. The second kappa shape index (κ2) is 7.50. The highest BCUT2D eigenvalue weighted by molar-refractivity contribution is 5.85. The minimum Gasteiger partial charge on any atom is -0.333 e. The predicted molar refractivity (Wildman–Crippen MR) is 95.5 cm³/mol. The van der Waals surface area contributed by atoms with E-state index in [4.69, 9.17) is 0 Å². The average molecular weight is 327 g/mol. The van der Waals surface area contributed by atoms with E-state index < -0.39 is 0 Å². The molecule has 0 heterocycles. The van der Waals surface area contributed by atoms with Crippen LogP contribution >= 0.6 is 0 Å². The fourth-order valence-electron chi connectivity index (χ4n) is 4.52. The number of amides is 1. The van der Waals surface area contributed by atoms with Crippen LogP contribution in [0.1, 0.15) is 70.4 Å². The zero-order valence-corrected chi connectivity index (χ0v) is 14.9. The molecule has 3 nitrogen and oxygen atoms in total. The van der Waals surface area contributed by atoms with Crippen molar-refractivity contribution < 1.29 is 9.59 Å². The lowest BCUT2D eigenvalue weighted by Crippen LogP contribution is -2.46. The van der Waals surface area contributed by atoms with Gasteiger partial charge >= 0.3 is 0 Å². The Morgan fingerprint density at radius 2 is 1.79 bits per heavy atom. The Morgan fingerprint density at radius 1 is 1.12 bits per heavy atom. The summed E-state index contributed by atoms with van der Waals surface area (Å²) in [4.78, 5) is 27.3. The highest BCUT2D eigenvalue weighted by atomic mass is 16.2. The summed E-state index contributed by atoms with van der Waals surface area (Å²) in [5.74, 6) is 0.772. The van der Waals surface area contributed by atoms with Crippen LogP contribution in [0.15, 0.2) is 30.3 Å². The van der Waals surface area contributed by atoms with E-state index in [0.717, 1.165) is 19.3 Å². The number of Topliss-reactive ketones (excluding diaryl/α,β-unsaturated/α-hetero) is 1. The zero-order chi connectivity index (χ0) is 17.1. The third kappa shape index (κ3) is 3.55. The van der Waals surface area contributed by atoms with Crippen molar-refractivity contribution in [3.8, 4) is 0 Å². The molecule has 0 spiro atoms. The predicted octanol–water partition coefficient (Wildman–Crippen LogP) is 4.52. The standard InChI is InChI=1S/C21H29NO2/c1-15-14-19(23)12-13-20(15)21(24)22(18-10-6-7-11-18)16(2)17-8-4-3-5-9-17/h3-5,8-9,15-16,18,20H,6-7,10-14H2,1-2H3/t15-,16-,20+/m1/s1. The first kappa shape index (κ1) is 17.2. The second-order valence-electron chi connectivity index (χ2n) is 7.64. The molecule has 0 radical (unpaired) electrons. The number of ketones is 1. The third-order valence-corrected chi connectivity index (χ3v) is 5.96. The van der Waals surface area contributed by atoms with Gasteiger partial charge in [0.15, 0.2) is 0 Å². The molecule has 0 N–H and O–H groups in total. The van der Waals surface area contributed by atoms with Gasteiger partial charge in [0.2, 0.25) is 5.91 Å². The van der Waals surface area contributed by atoms with Crippen LogP contribution in [-0.4, -0.2) is 22.6 Å². The maximum Gasteiger partial charge on any atom is 0.226 e. The Bertz CT molecular complexity index is 577. The fourth-order valence-corrected chi connectivity index (χ4v) is 4.52. The van der Waals surface area contributed by atoms with Gasteiger partial charge in [-0.3, -0.25) is 9.59 Å². The van der Waals surface area contributed by atoms with Gasteiger partial charge in [-0.25, -0.2) is 0 Å². The van der Waals surface area contributed by atoms with Crippen LogP contribution in [0.5, 0.6) is 0 Å². The molecule has 0 bridgehead atoms. The van der Waals surface area contributed by atoms with Gasteiger partial charge in [0.05, 0.1) is 6.04 Å². The van der Waals surface area contributed by atoms with Crippen LogP contribution in [0.2, 0.25) is 0 Å². The monoisotopic (exact) mass is 327 g/mol. The molecule has 0 saturated heterocycles. The second-order valence-corrected chi connectivity index (χ2v) is 7.64. The van der Waals surface area contributed by atoms with Crippen LogP contribution in [0.25, 0.3) is 0 Å². The van der Waals surface area contributed by atoms with E-state index in [1.807, 2.05) is 18.2 Å². The van der Waals surface area contributed by atoms with Gasteiger partial charge in [0.25, 0.3) is 0 Å². The molecule has 2 aliphatic carbocycles. The van der Waals surface area contributed by atoms with Gasteiger partial charge in [0, 0.05) is 24.8 Å². The lowest BCUT2D eigenvalue weighted by molar-refractivity contribution is -0.144. The van der Waals surface area contributed by atoms with E-state index >= 15 is 0 Å². The molecular weight excluding hydrogens is 298 g/mol. The van der Waals surface area contributed by atoms with Gasteiger partial charge in [-0.05, 0) is 37.7 Å². The SMILES string of the molecule is C[C@@H]1CC(=O)CC[C@@H]1C(=O)N(C1CCCC1)[C@H](C)c1ccccc1. The smallest absolute Gasteiger partial charge is 0.226 e. The molecule has 0 unspecified atom stereocenters. The quantitative estimate of drug-likeness (QED) is 0.815. The summed E-state index contributed by atoms with van der Waals surface area (Å²) < 4.78 is 0. The molecule has 1 aromatic carbocycles. The summed E-state index contributed by atoms with van der Waals surface area (Å²) in [5, 5.41) is 0. The van der Waals surface area contributed by atoms with E-state index in [9.17, 15) is 9.59 Å². The van der Waals surface area contributed by atoms with E-state index in [1.165, 1.54) is 18.4 Å². The molecular formula is C21H29NO2. The van der Waals surface area contributed by atoms with Crippen molar-refractivity contribution in [1.29, 1.82) is 0 Å². The van der Waals surface area contributed by atoms with E-state index in [0.29, 0.717) is 24.7 Å². The summed E-state index contributed by atoms with van der Waals surface area (Å²) in [5.41, 5.74) is 1.21. The lowest BCUT2D eigenvalue weighted by Gasteiger charge is -2.40. The van der Waals surface area contributed by atoms with Crippen molar-refractivity contribution in [2.45, 2.75) is 70.9 Å². The summed E-state index contributed by atoms with van der Waals surface area (Å²) in [6, 6.07) is 10.8. The van der Waals surface area contributed by atoms with Crippen LogP contribution < -0.4 is 0 Å². The van der Waals surface area contributed by atoms with Crippen molar-refractivity contribution in [2.24, 2.45) is 11.8 Å². The van der Waals surface area contributed by atoms with E-state index in [-0.39, 0.29) is 23.8 Å². The molecule has 24 heavy (non-hydrogen) atoms. The van der Waals surface area contributed by atoms with Crippen molar-refractivity contribution in [2.75, 3.05) is 0 Å². The summed E-state index contributed by atoms with van der Waals surface area (Å²) in [7, 11) is 0. The maximum absolute atomic E-state index is 13.4. The molecule has 3 heteroatoms. The molecule has 130 valence electrons. The first-order valence-corrected chi connectivity index (χ1v) is 9.46. The van der Waals surface area contributed by atoms with Crippen molar-refractivity contribution in [3.63, 3.8) is 0 Å². The Kier molecular flexibility index (Phi) is 5.37. The van der Waals surface area contributed by atoms with E-state index in [1.54, 1.807) is 0 Å². The van der Waals surface area contributed by atoms with E-state index in [2.05, 4.69) is 30.9 Å². The van der Waals surface area contributed by atoms with Crippen molar-refractivity contribution in [1.82, 2.24) is 4.90 Å². The molecule has 2 fully saturated rings. The Hall–Kier alpha value is -1.64. The van der Waals surface area contributed by atoms with Crippen molar-refractivity contribution >= 4 is 11.7 Å². The van der Waals surface area contributed by atoms with Crippen LogP contribution in [0.4, 0.5) is 0 Å². The van der Waals surface area contributed by atoms with Crippen LogP contribution in [0.3, 0.4) is 0 Å². The topological polar surface area (TPSA) is 37.4 Å². The molecule has 3 atom stereocenters. The maximum atomic E-state index is 13.4. The minimum atomic E-state index is 0.00876. The molecule has 3 rings (SSSR count). The van der Waals surface area contributed by atoms with Gasteiger partial charge < -0.3 is 4.90 Å². The Morgan fingerprint density at radius 3 is 2.42 bits per heavy atom. The number of hydrogen-bond acceptors (Lipinski definition) is 2. The van der Waals surface area contributed by atoms with Crippen LogP contribution in [-0.2, 0) is 9.59 Å². The fraction of sp³-hybridized carbons (Fsp3) is 0.619. The number of carbonyl (C=O) groups excluding carboxylic acids is 2. The number of rotatable bonds is 4. The van der Waals surface area contributed by atoms with Gasteiger partial charge in [-0.1, -0.05) is 50.1 Å². The number of benzene rings is 1. The molecule has 0 aliphatic heterocycles. The summed E-state index contributed by atoms with van der Waals surface area (Å²) >= 11 is 0. The largest absolute Gasteiger partial charge is 0.333 e. The Balaban J connectivity index is 1.84. The molecule has 0 aromatic heterocycles.